The van der Waals surface area contributed by atoms with Crippen LogP contribution in [-0.4, -0.2) is 19.9 Å². The maximum Gasteiger partial charge on any atom is 0.164 e. The number of aromatic nitrogens is 4. The van der Waals surface area contributed by atoms with E-state index in [4.69, 9.17) is 24.4 Å². The summed E-state index contributed by atoms with van der Waals surface area (Å²) in [6.45, 7) is 0. The maximum absolute atomic E-state index is 6.26. The molecule has 60 heavy (non-hydrogen) atoms. The molecule has 0 aliphatic carbocycles. The largest absolute Gasteiger partial charge is 0.456 e. The summed E-state index contributed by atoms with van der Waals surface area (Å²) in [5.74, 6) is 1.93. The zero-order chi connectivity index (χ0) is 39.6. The molecule has 0 aliphatic rings. The quantitative estimate of drug-likeness (QED) is 0.168. The molecule has 12 rings (SSSR count). The lowest BCUT2D eigenvalue weighted by atomic mass is 9.97. The Morgan fingerprint density at radius 3 is 1.52 bits per heavy atom. The molecule has 4 heterocycles. The molecule has 4 aromatic heterocycles. The number of hydrogen-bond donors (Lipinski definition) is 0. The molecule has 0 atom stereocenters. The molecule has 0 spiro atoms. The Kier molecular flexibility index (Phi) is 7.96. The summed E-state index contributed by atoms with van der Waals surface area (Å²) in [5, 5.41) is 5.91. The average molecular weight is 785 g/mol. The van der Waals surface area contributed by atoms with Gasteiger partial charge in [0.15, 0.2) is 17.5 Å². The molecule has 0 saturated carbocycles. The molecule has 0 fully saturated rings. The number of thiophene rings is 1. The molecule has 6 heteroatoms. The normalized spacial score (nSPS) is 11.7. The summed E-state index contributed by atoms with van der Waals surface area (Å²) >= 11 is 1.81. The maximum atomic E-state index is 6.26. The monoisotopic (exact) mass is 784 g/mol. The van der Waals surface area contributed by atoms with Crippen molar-refractivity contribution in [3.05, 3.63) is 194 Å². The van der Waals surface area contributed by atoms with Crippen molar-refractivity contribution in [2.24, 2.45) is 0 Å². The Hall–Kier alpha value is -7.80. The lowest BCUT2D eigenvalue weighted by Gasteiger charge is -2.11. The van der Waals surface area contributed by atoms with E-state index in [0.717, 1.165) is 83.0 Å². The van der Waals surface area contributed by atoms with Crippen LogP contribution in [0.3, 0.4) is 0 Å². The Labute approximate surface area is 348 Å². The van der Waals surface area contributed by atoms with E-state index in [1.807, 2.05) is 84.1 Å². The van der Waals surface area contributed by atoms with Gasteiger partial charge in [-0.05, 0) is 58.7 Å². The van der Waals surface area contributed by atoms with E-state index in [1.54, 1.807) is 0 Å². The first kappa shape index (κ1) is 34.3. The number of furan rings is 1. The van der Waals surface area contributed by atoms with E-state index in [2.05, 4.69) is 121 Å². The second-order valence-electron chi connectivity index (χ2n) is 15.0. The number of rotatable bonds is 6. The van der Waals surface area contributed by atoms with Crippen LogP contribution in [0.4, 0.5) is 0 Å². The second-order valence-corrected chi connectivity index (χ2v) is 16.0. The van der Waals surface area contributed by atoms with Crippen molar-refractivity contribution < 1.29 is 4.42 Å². The molecule has 0 amide bonds. The van der Waals surface area contributed by atoms with Gasteiger partial charge in [0, 0.05) is 53.9 Å². The van der Waals surface area contributed by atoms with Crippen LogP contribution >= 0.6 is 11.3 Å². The van der Waals surface area contributed by atoms with Gasteiger partial charge in [-0.3, -0.25) is 0 Å². The minimum absolute atomic E-state index is 0.638. The SMILES string of the molecule is c1ccc(-c2nc(-c3ccccc3)nc(-c3ccc(-c4ccc(-c5nc6ccc(-c7ccc8c(c7)oc7ccccc78)cc6c6c5sc5ccccc56)cc4)cc3)n2)cc1. The summed E-state index contributed by atoms with van der Waals surface area (Å²) in [6.07, 6.45) is 0. The summed E-state index contributed by atoms with van der Waals surface area (Å²) < 4.78 is 8.70. The summed E-state index contributed by atoms with van der Waals surface area (Å²) in [6, 6.07) is 67.5. The minimum atomic E-state index is 0.638. The van der Waals surface area contributed by atoms with Crippen LogP contribution in [0.2, 0.25) is 0 Å². The van der Waals surface area contributed by atoms with Gasteiger partial charge in [0.05, 0.1) is 15.9 Å². The van der Waals surface area contributed by atoms with Crippen LogP contribution < -0.4 is 0 Å². The average Bonchev–Trinajstić information content (AvgIpc) is 3.91. The molecule has 280 valence electrons. The number of fused-ring (bicyclic) bond motifs is 8. The molecule has 0 saturated heterocycles. The van der Waals surface area contributed by atoms with Crippen LogP contribution in [-0.2, 0) is 0 Å². The molecule has 0 unspecified atom stereocenters. The van der Waals surface area contributed by atoms with Gasteiger partial charge in [-0.15, -0.1) is 11.3 Å². The van der Waals surface area contributed by atoms with Gasteiger partial charge in [-0.1, -0.05) is 158 Å². The number of nitrogens with zero attached hydrogens (tertiary/aromatic N) is 4. The predicted molar refractivity (Wildman–Crippen MR) is 248 cm³/mol. The van der Waals surface area contributed by atoms with Crippen LogP contribution in [0, 0.1) is 0 Å². The molecule has 12 aromatic rings. The van der Waals surface area contributed by atoms with Gasteiger partial charge in [0.1, 0.15) is 11.2 Å². The van der Waals surface area contributed by atoms with Gasteiger partial charge in [0.2, 0.25) is 0 Å². The van der Waals surface area contributed by atoms with Crippen molar-refractivity contribution >= 4 is 64.4 Å². The highest BCUT2D eigenvalue weighted by molar-refractivity contribution is 7.26. The van der Waals surface area contributed by atoms with Crippen molar-refractivity contribution in [2.45, 2.75) is 0 Å². The third-order valence-corrected chi connectivity index (χ3v) is 12.5. The van der Waals surface area contributed by atoms with Crippen LogP contribution in [0.1, 0.15) is 0 Å². The fourth-order valence-electron chi connectivity index (χ4n) is 8.34. The Morgan fingerprint density at radius 1 is 0.333 bits per heavy atom. The number of benzene rings is 8. The van der Waals surface area contributed by atoms with E-state index in [1.165, 1.54) is 20.2 Å². The first-order valence-corrected chi connectivity index (χ1v) is 20.8. The van der Waals surface area contributed by atoms with Crippen molar-refractivity contribution in [3.63, 3.8) is 0 Å². The third kappa shape index (κ3) is 5.84. The van der Waals surface area contributed by atoms with Crippen molar-refractivity contribution in [2.75, 3.05) is 0 Å². The first-order valence-electron chi connectivity index (χ1n) is 20.0. The fraction of sp³-hybridized carbons (Fsp3) is 0. The molecule has 0 aliphatic heterocycles. The molecular weight excluding hydrogens is 753 g/mol. The van der Waals surface area contributed by atoms with E-state index >= 15 is 0 Å². The summed E-state index contributed by atoms with van der Waals surface area (Å²) in [5.41, 5.74) is 12.2. The highest BCUT2D eigenvalue weighted by atomic mass is 32.1. The number of pyridine rings is 1. The van der Waals surface area contributed by atoms with Crippen molar-refractivity contribution in [3.8, 4) is 67.7 Å². The standard InChI is InChI=1S/C54H32N4OS/c1-3-11-36(12-4-1)52-56-53(37-13-5-2-6-14-37)58-54(57-52)38-25-21-34(22-26-38)33-19-23-35(24-20-33)50-51-49(43-16-8-10-18-48(43)60-51)44-31-39(28-30-45(44)55-50)40-27-29-42-41-15-7-9-17-46(41)59-47(42)32-40/h1-32H. The van der Waals surface area contributed by atoms with E-state index in [0.29, 0.717) is 17.5 Å². The van der Waals surface area contributed by atoms with Crippen molar-refractivity contribution in [1.82, 2.24) is 19.9 Å². The molecule has 0 N–H and O–H groups in total. The van der Waals surface area contributed by atoms with E-state index < -0.39 is 0 Å². The fourth-order valence-corrected chi connectivity index (χ4v) is 9.56. The highest BCUT2D eigenvalue weighted by Crippen LogP contribution is 2.44. The number of para-hydroxylation sites is 1. The second kappa shape index (κ2) is 13.9. The Bertz CT molecular complexity index is 3520. The lowest BCUT2D eigenvalue weighted by molar-refractivity contribution is 0.669. The zero-order valence-electron chi connectivity index (χ0n) is 32.1. The van der Waals surface area contributed by atoms with Gasteiger partial charge in [-0.2, -0.15) is 0 Å². The lowest BCUT2D eigenvalue weighted by Crippen LogP contribution is -2.00. The van der Waals surface area contributed by atoms with Crippen LogP contribution in [0.15, 0.2) is 199 Å². The predicted octanol–water partition coefficient (Wildman–Crippen LogP) is 14.7. The molecular formula is C54H32N4OS. The first-order chi connectivity index (χ1) is 29.7. The van der Waals surface area contributed by atoms with Gasteiger partial charge in [-0.25, -0.2) is 19.9 Å². The highest BCUT2D eigenvalue weighted by Gasteiger charge is 2.18. The smallest absolute Gasteiger partial charge is 0.164 e. The third-order valence-electron chi connectivity index (χ3n) is 11.4. The molecule has 0 radical (unpaired) electrons. The molecule has 8 aromatic carbocycles. The van der Waals surface area contributed by atoms with Gasteiger partial charge >= 0.3 is 0 Å². The minimum Gasteiger partial charge on any atom is -0.456 e. The van der Waals surface area contributed by atoms with Crippen molar-refractivity contribution in [1.29, 1.82) is 0 Å². The molecule has 0 bridgehead atoms. The summed E-state index contributed by atoms with van der Waals surface area (Å²) in [7, 11) is 0. The van der Waals surface area contributed by atoms with Crippen LogP contribution in [0.5, 0.6) is 0 Å². The topological polar surface area (TPSA) is 64.7 Å². The van der Waals surface area contributed by atoms with E-state index in [-0.39, 0.29) is 0 Å². The summed E-state index contributed by atoms with van der Waals surface area (Å²) in [4.78, 5) is 20.0. The zero-order valence-corrected chi connectivity index (χ0v) is 32.9. The van der Waals surface area contributed by atoms with E-state index in [9.17, 15) is 0 Å². The van der Waals surface area contributed by atoms with Crippen LogP contribution in [0.25, 0.3) is 121 Å². The Morgan fingerprint density at radius 2 is 0.833 bits per heavy atom. The Balaban J connectivity index is 0.902. The van der Waals surface area contributed by atoms with Gasteiger partial charge < -0.3 is 4.42 Å². The molecule has 5 nitrogen and oxygen atoms in total. The number of hydrogen-bond acceptors (Lipinski definition) is 6. The van der Waals surface area contributed by atoms with Gasteiger partial charge in [0.25, 0.3) is 0 Å².